The lowest BCUT2D eigenvalue weighted by atomic mass is 10.2. The van der Waals surface area contributed by atoms with Crippen molar-refractivity contribution in [3.05, 3.63) is 54.1 Å². The highest BCUT2D eigenvalue weighted by molar-refractivity contribution is 7.92. The van der Waals surface area contributed by atoms with Gasteiger partial charge in [0.2, 0.25) is 10.0 Å². The predicted molar refractivity (Wildman–Crippen MR) is 83.2 cm³/mol. The van der Waals surface area contributed by atoms with Crippen LogP contribution in [0.3, 0.4) is 0 Å². The molecule has 0 spiro atoms. The molecule has 2 aromatic heterocycles. The first kappa shape index (κ1) is 15.2. The lowest BCUT2D eigenvalue weighted by molar-refractivity contribution is 0.575. The highest BCUT2D eigenvalue weighted by Gasteiger charge is 2.09. The highest BCUT2D eigenvalue weighted by atomic mass is 32.2. The predicted octanol–water partition coefficient (Wildman–Crippen LogP) is 0.338. The van der Waals surface area contributed by atoms with Gasteiger partial charge in [0.1, 0.15) is 6.54 Å². The fourth-order valence-corrected chi connectivity index (χ4v) is 2.67. The molecular weight excluding hydrogens is 318 g/mol. The van der Waals surface area contributed by atoms with Crippen molar-refractivity contribution in [2.24, 2.45) is 0 Å². The van der Waals surface area contributed by atoms with Crippen LogP contribution in [0.2, 0.25) is 0 Å². The maximum Gasteiger partial charge on any atom is 0.229 e. The minimum Gasteiger partial charge on any atom is -0.284 e. The van der Waals surface area contributed by atoms with Crippen LogP contribution >= 0.6 is 0 Å². The Morgan fingerprint density at radius 2 is 2.09 bits per heavy atom. The lowest BCUT2D eigenvalue weighted by Crippen LogP contribution is -2.12. The first-order valence-electron chi connectivity index (χ1n) is 6.79. The first-order chi connectivity index (χ1) is 11.0. The third-order valence-electron chi connectivity index (χ3n) is 3.03. The van der Waals surface area contributed by atoms with Gasteiger partial charge in [-0.05, 0) is 34.2 Å². The van der Waals surface area contributed by atoms with Gasteiger partial charge in [-0.3, -0.25) is 9.40 Å². The molecule has 0 atom stereocenters. The molecule has 0 saturated heterocycles. The summed E-state index contributed by atoms with van der Waals surface area (Å²) in [5.74, 6) is 0.662. The van der Waals surface area contributed by atoms with E-state index in [4.69, 9.17) is 0 Å². The maximum absolute atomic E-state index is 11.3. The van der Waals surface area contributed by atoms with Crippen LogP contribution < -0.4 is 4.72 Å². The second kappa shape index (κ2) is 6.16. The molecule has 23 heavy (non-hydrogen) atoms. The number of nitrogens with one attached hydrogen (secondary N) is 1. The van der Waals surface area contributed by atoms with Gasteiger partial charge < -0.3 is 0 Å². The van der Waals surface area contributed by atoms with Crippen LogP contribution in [-0.2, 0) is 23.1 Å². The third kappa shape index (κ3) is 4.13. The molecule has 0 saturated carbocycles. The Morgan fingerprint density at radius 1 is 1.22 bits per heavy atom. The van der Waals surface area contributed by atoms with Crippen molar-refractivity contribution in [2.75, 3.05) is 11.0 Å². The zero-order chi connectivity index (χ0) is 16.3. The van der Waals surface area contributed by atoms with E-state index in [1.54, 1.807) is 33.8 Å². The maximum atomic E-state index is 11.3. The van der Waals surface area contributed by atoms with E-state index in [-0.39, 0.29) is 0 Å². The van der Waals surface area contributed by atoms with Crippen LogP contribution in [0, 0.1) is 0 Å². The van der Waals surface area contributed by atoms with E-state index in [1.807, 2.05) is 18.3 Å². The van der Waals surface area contributed by atoms with Crippen molar-refractivity contribution in [2.45, 2.75) is 13.1 Å². The molecule has 120 valence electrons. The number of sulfonamides is 1. The molecule has 2 heterocycles. The molecule has 1 aromatic carbocycles. The molecule has 0 aliphatic rings. The van der Waals surface area contributed by atoms with E-state index in [0.29, 0.717) is 24.6 Å². The van der Waals surface area contributed by atoms with Gasteiger partial charge in [0.15, 0.2) is 5.82 Å². The normalized spacial score (nSPS) is 11.5. The minimum atomic E-state index is -3.31. The van der Waals surface area contributed by atoms with Gasteiger partial charge >= 0.3 is 0 Å². The molecule has 1 N–H and O–H groups in total. The number of nitrogens with zero attached hydrogens (tertiary/aromatic N) is 6. The van der Waals surface area contributed by atoms with Crippen LogP contribution in [0.1, 0.15) is 11.4 Å². The smallest absolute Gasteiger partial charge is 0.229 e. The SMILES string of the molecule is CS(=O)(=O)Nc1cccc(Cn2nnnc2Cn2cccn2)c1. The number of hydrogen-bond donors (Lipinski definition) is 1. The second-order valence-corrected chi connectivity index (χ2v) is 6.78. The third-order valence-corrected chi connectivity index (χ3v) is 3.64. The van der Waals surface area contributed by atoms with Crippen LogP contribution in [-0.4, -0.2) is 44.7 Å². The fraction of sp³-hybridized carbons (Fsp3) is 0.231. The van der Waals surface area contributed by atoms with Crippen molar-refractivity contribution in [3.8, 4) is 0 Å². The topological polar surface area (TPSA) is 108 Å². The molecule has 0 aliphatic carbocycles. The van der Waals surface area contributed by atoms with Gasteiger partial charge in [0.25, 0.3) is 0 Å². The lowest BCUT2D eigenvalue weighted by Gasteiger charge is -2.08. The standard InChI is InChI=1S/C13H15N7O2S/c1-23(21,22)16-12-5-2-4-11(8-12)9-20-13(15-17-18-20)10-19-7-3-6-14-19/h2-8,16H,9-10H2,1H3. The number of tetrazole rings is 1. The number of anilines is 1. The summed E-state index contributed by atoms with van der Waals surface area (Å²) in [6.07, 6.45) is 4.63. The van der Waals surface area contributed by atoms with Gasteiger partial charge in [-0.15, -0.1) is 5.10 Å². The summed E-state index contributed by atoms with van der Waals surface area (Å²) in [6, 6.07) is 8.93. The number of aromatic nitrogens is 6. The van der Waals surface area contributed by atoms with E-state index in [9.17, 15) is 8.42 Å². The monoisotopic (exact) mass is 333 g/mol. The first-order valence-corrected chi connectivity index (χ1v) is 8.68. The van der Waals surface area contributed by atoms with E-state index in [1.165, 1.54) is 0 Å². The molecule has 0 fully saturated rings. The Bertz CT molecular complexity index is 887. The summed E-state index contributed by atoms with van der Waals surface area (Å²) in [5, 5.41) is 15.8. The van der Waals surface area contributed by atoms with Crippen molar-refractivity contribution in [1.29, 1.82) is 0 Å². The van der Waals surface area contributed by atoms with Gasteiger partial charge in [-0.25, -0.2) is 13.1 Å². The summed E-state index contributed by atoms with van der Waals surface area (Å²) >= 11 is 0. The van der Waals surface area contributed by atoms with Gasteiger partial charge in [0, 0.05) is 18.1 Å². The van der Waals surface area contributed by atoms with Crippen LogP contribution in [0.4, 0.5) is 5.69 Å². The molecule has 10 heteroatoms. The van der Waals surface area contributed by atoms with E-state index in [0.717, 1.165) is 11.8 Å². The molecule has 0 aliphatic heterocycles. The van der Waals surface area contributed by atoms with Crippen LogP contribution in [0.15, 0.2) is 42.7 Å². The number of hydrogen-bond acceptors (Lipinski definition) is 6. The summed E-state index contributed by atoms with van der Waals surface area (Å²) in [5.41, 5.74) is 1.39. The van der Waals surface area contributed by atoms with Crippen LogP contribution in [0.25, 0.3) is 0 Å². The highest BCUT2D eigenvalue weighted by Crippen LogP contribution is 2.13. The van der Waals surface area contributed by atoms with Gasteiger partial charge in [-0.2, -0.15) is 5.10 Å². The average molecular weight is 333 g/mol. The van der Waals surface area contributed by atoms with E-state index >= 15 is 0 Å². The Kier molecular flexibility index (Phi) is 4.06. The summed E-state index contributed by atoms with van der Waals surface area (Å²) in [4.78, 5) is 0. The molecule has 3 rings (SSSR count). The van der Waals surface area contributed by atoms with Crippen LogP contribution in [0.5, 0.6) is 0 Å². The molecule has 3 aromatic rings. The molecule has 0 amide bonds. The summed E-state index contributed by atoms with van der Waals surface area (Å²) in [6.45, 7) is 0.893. The molecule has 0 unspecified atom stereocenters. The Labute approximate surface area is 133 Å². The van der Waals surface area contributed by atoms with Crippen molar-refractivity contribution >= 4 is 15.7 Å². The largest absolute Gasteiger partial charge is 0.284 e. The minimum absolute atomic E-state index is 0.433. The van der Waals surface area contributed by atoms with E-state index < -0.39 is 10.0 Å². The van der Waals surface area contributed by atoms with Crippen molar-refractivity contribution in [1.82, 2.24) is 30.0 Å². The molecule has 9 nitrogen and oxygen atoms in total. The Balaban J connectivity index is 1.77. The quantitative estimate of drug-likeness (QED) is 0.697. The molecule has 0 bridgehead atoms. The zero-order valence-corrected chi connectivity index (χ0v) is 13.2. The summed E-state index contributed by atoms with van der Waals surface area (Å²) < 4.78 is 28.4. The van der Waals surface area contributed by atoms with Gasteiger partial charge in [-0.1, -0.05) is 12.1 Å². The number of rotatable bonds is 6. The van der Waals surface area contributed by atoms with Crippen molar-refractivity contribution in [3.63, 3.8) is 0 Å². The second-order valence-electron chi connectivity index (χ2n) is 5.03. The van der Waals surface area contributed by atoms with Gasteiger partial charge in [0.05, 0.1) is 12.8 Å². The molecule has 0 radical (unpaired) electrons. The Morgan fingerprint density at radius 3 is 2.83 bits per heavy atom. The molecular formula is C13H15N7O2S. The Hall–Kier alpha value is -2.75. The van der Waals surface area contributed by atoms with Crippen molar-refractivity contribution < 1.29 is 8.42 Å². The fourth-order valence-electron chi connectivity index (χ4n) is 2.12. The summed E-state index contributed by atoms with van der Waals surface area (Å²) in [7, 11) is -3.31. The number of benzene rings is 1. The van der Waals surface area contributed by atoms with E-state index in [2.05, 4.69) is 25.3 Å². The average Bonchev–Trinajstić information content (AvgIpc) is 3.11. The zero-order valence-electron chi connectivity index (χ0n) is 12.4.